The molecule has 2 aliphatic heterocycles. The number of hydrogen-bond acceptors (Lipinski definition) is 7. The van der Waals surface area contributed by atoms with Crippen LogP contribution in [-0.2, 0) is 14.4 Å². The van der Waals surface area contributed by atoms with E-state index in [2.05, 4.69) is 10.3 Å². The van der Waals surface area contributed by atoms with Crippen LogP contribution in [0.2, 0.25) is 0 Å². The van der Waals surface area contributed by atoms with Gasteiger partial charge in [-0.15, -0.1) is 0 Å². The highest BCUT2D eigenvalue weighted by molar-refractivity contribution is 8.00. The lowest BCUT2D eigenvalue weighted by Gasteiger charge is -2.29. The number of nitrogens with one attached hydrogen (secondary N) is 2. The normalized spacial score (nSPS) is 19.8. The first kappa shape index (κ1) is 26.0. The van der Waals surface area contributed by atoms with E-state index >= 15 is 0 Å². The molecule has 2 N–H and O–H groups in total. The van der Waals surface area contributed by atoms with Crippen LogP contribution in [0, 0.1) is 17.6 Å². The first-order chi connectivity index (χ1) is 19.3. The molecule has 40 heavy (non-hydrogen) atoms. The number of aromatic amines is 1. The maximum atomic E-state index is 13.7. The van der Waals surface area contributed by atoms with Crippen molar-refractivity contribution in [3.63, 3.8) is 0 Å². The number of fused-ring (bicyclic) bond motifs is 2. The predicted molar refractivity (Wildman–Crippen MR) is 146 cm³/mol. The van der Waals surface area contributed by atoms with E-state index in [9.17, 15) is 28.0 Å². The minimum Gasteiger partial charge on any atom is -0.484 e. The Morgan fingerprint density at radius 2 is 1.55 bits per heavy atom. The number of amides is 3. The van der Waals surface area contributed by atoms with Crippen LogP contribution < -0.4 is 19.8 Å². The molecule has 0 bridgehead atoms. The molecule has 2 aliphatic rings. The second kappa shape index (κ2) is 10.4. The van der Waals surface area contributed by atoms with E-state index in [1.807, 2.05) is 0 Å². The van der Waals surface area contributed by atoms with Gasteiger partial charge in [0.05, 0.1) is 16.6 Å². The number of aromatic nitrogens is 1. The van der Waals surface area contributed by atoms with Crippen LogP contribution in [0.4, 0.5) is 20.2 Å². The Bertz CT molecular complexity index is 1670. The Balaban J connectivity index is 1.24. The van der Waals surface area contributed by atoms with Crippen LogP contribution in [0.5, 0.6) is 5.75 Å². The van der Waals surface area contributed by atoms with Crippen LogP contribution in [0.25, 0.3) is 0 Å². The zero-order chi connectivity index (χ0) is 28.0. The minimum absolute atomic E-state index is 0.282. The molecule has 12 heteroatoms. The van der Waals surface area contributed by atoms with Gasteiger partial charge in [0.15, 0.2) is 6.61 Å². The lowest BCUT2D eigenvalue weighted by molar-refractivity contribution is -0.122. The number of benzene rings is 3. The van der Waals surface area contributed by atoms with Gasteiger partial charge in [0.25, 0.3) is 5.91 Å². The number of thiazole rings is 1. The Morgan fingerprint density at radius 3 is 2.23 bits per heavy atom. The van der Waals surface area contributed by atoms with Gasteiger partial charge >= 0.3 is 4.87 Å². The number of halogens is 2. The molecule has 0 aliphatic carbocycles. The van der Waals surface area contributed by atoms with E-state index in [1.54, 1.807) is 24.3 Å². The van der Waals surface area contributed by atoms with Crippen molar-refractivity contribution in [2.75, 3.05) is 16.8 Å². The van der Waals surface area contributed by atoms with Crippen LogP contribution >= 0.6 is 23.1 Å². The van der Waals surface area contributed by atoms with Gasteiger partial charge in [-0.1, -0.05) is 35.2 Å². The molecule has 3 amide bonds. The third kappa shape index (κ3) is 4.80. The van der Waals surface area contributed by atoms with Crippen LogP contribution in [0.15, 0.2) is 82.6 Å². The van der Waals surface area contributed by atoms with Gasteiger partial charge in [-0.05, 0) is 66.2 Å². The second-order valence-corrected chi connectivity index (χ2v) is 11.3. The molecule has 3 unspecified atom stereocenters. The van der Waals surface area contributed by atoms with Gasteiger partial charge < -0.3 is 15.0 Å². The summed E-state index contributed by atoms with van der Waals surface area (Å²) in [6.45, 7) is -0.287. The van der Waals surface area contributed by atoms with E-state index in [-0.39, 0.29) is 17.2 Å². The molecule has 3 heterocycles. The first-order valence-electron chi connectivity index (χ1n) is 12.1. The van der Waals surface area contributed by atoms with Crippen molar-refractivity contribution < 1.29 is 27.9 Å². The average Bonchev–Trinajstić information content (AvgIpc) is 3.44. The van der Waals surface area contributed by atoms with Crippen molar-refractivity contribution in [1.82, 2.24) is 4.98 Å². The van der Waals surface area contributed by atoms with Gasteiger partial charge in [-0.2, -0.15) is 0 Å². The summed E-state index contributed by atoms with van der Waals surface area (Å²) < 4.78 is 32.1. The monoisotopic (exact) mass is 579 g/mol. The van der Waals surface area contributed by atoms with Crippen molar-refractivity contribution in [2.45, 2.75) is 16.2 Å². The Labute approximate surface area is 234 Å². The summed E-state index contributed by atoms with van der Waals surface area (Å²) in [5, 5.41) is 2.38. The molecule has 0 spiro atoms. The van der Waals surface area contributed by atoms with Crippen LogP contribution in [0.3, 0.4) is 0 Å². The smallest absolute Gasteiger partial charge is 0.305 e. The zero-order valence-electron chi connectivity index (χ0n) is 20.4. The van der Waals surface area contributed by atoms with E-state index in [4.69, 9.17) is 4.74 Å². The number of hydrogen-bond donors (Lipinski definition) is 2. The molecular weight excluding hydrogens is 560 g/mol. The number of H-pyrrole nitrogens is 1. The summed E-state index contributed by atoms with van der Waals surface area (Å²) in [6.07, 6.45) is 0. The van der Waals surface area contributed by atoms with Crippen molar-refractivity contribution in [3.05, 3.63) is 105 Å². The van der Waals surface area contributed by atoms with Crippen molar-refractivity contribution in [3.8, 4) is 5.75 Å². The largest absolute Gasteiger partial charge is 0.484 e. The molecule has 1 saturated heterocycles. The Morgan fingerprint density at radius 1 is 0.900 bits per heavy atom. The molecule has 8 nitrogen and oxygen atoms in total. The minimum atomic E-state index is -0.783. The van der Waals surface area contributed by atoms with E-state index in [0.29, 0.717) is 26.9 Å². The summed E-state index contributed by atoms with van der Waals surface area (Å²) in [5.74, 6) is -3.15. The molecule has 6 rings (SSSR count). The van der Waals surface area contributed by atoms with E-state index in [0.717, 1.165) is 28.0 Å². The molecule has 0 radical (unpaired) electrons. The molecule has 3 atom stereocenters. The summed E-state index contributed by atoms with van der Waals surface area (Å²) in [4.78, 5) is 55.8. The number of carbonyl (C=O) groups is 3. The van der Waals surface area contributed by atoms with Gasteiger partial charge in [0, 0.05) is 16.5 Å². The third-order valence-corrected chi connectivity index (χ3v) is 9.05. The molecule has 3 aromatic carbocycles. The Hall–Kier alpha value is -4.29. The lowest BCUT2D eigenvalue weighted by Crippen LogP contribution is -2.32. The number of ether oxygens (including phenoxy) is 1. The fourth-order valence-electron chi connectivity index (χ4n) is 4.87. The number of carbonyl (C=O) groups excluding carboxylic acids is 3. The number of anilines is 2. The van der Waals surface area contributed by atoms with Crippen molar-refractivity contribution in [2.24, 2.45) is 5.92 Å². The van der Waals surface area contributed by atoms with Crippen molar-refractivity contribution >= 4 is 52.2 Å². The van der Waals surface area contributed by atoms with Gasteiger partial charge in [0.1, 0.15) is 22.6 Å². The molecular formula is C28H19F2N3O5S2. The Kier molecular flexibility index (Phi) is 6.72. The summed E-state index contributed by atoms with van der Waals surface area (Å²) in [7, 11) is 0. The number of rotatable bonds is 6. The molecule has 202 valence electrons. The van der Waals surface area contributed by atoms with Crippen molar-refractivity contribution in [1.29, 1.82) is 0 Å². The van der Waals surface area contributed by atoms with Gasteiger partial charge in [-0.25, -0.2) is 13.7 Å². The third-order valence-electron chi connectivity index (χ3n) is 6.65. The topological polar surface area (TPSA) is 109 Å². The van der Waals surface area contributed by atoms with Crippen LogP contribution in [0.1, 0.15) is 16.4 Å². The maximum Gasteiger partial charge on any atom is 0.305 e. The lowest BCUT2D eigenvalue weighted by atomic mass is 9.83. The number of imide groups is 1. The molecule has 0 saturated carbocycles. The average molecular weight is 580 g/mol. The summed E-state index contributed by atoms with van der Waals surface area (Å²) in [6, 6.07) is 17.3. The quantitative estimate of drug-likeness (QED) is 0.325. The summed E-state index contributed by atoms with van der Waals surface area (Å²) in [5.41, 5.74) is 1.41. The highest BCUT2D eigenvalue weighted by atomic mass is 32.2. The van der Waals surface area contributed by atoms with E-state index in [1.165, 1.54) is 48.5 Å². The SMILES string of the molecule is O=C(COc1ccc(C2c3sc(=O)[nH]c3SC3C(=O)N(c4ccc(F)cc4)C(=O)C32)cc1)Nc1ccc(F)cc1. The molecule has 1 aromatic heterocycles. The fraction of sp³-hybridized carbons (Fsp3) is 0.143. The number of nitrogens with zero attached hydrogens (tertiary/aromatic N) is 1. The fourth-order valence-corrected chi connectivity index (χ4v) is 7.39. The second-order valence-electron chi connectivity index (χ2n) is 9.15. The van der Waals surface area contributed by atoms with Gasteiger partial charge in [-0.3, -0.25) is 19.2 Å². The molecule has 4 aromatic rings. The predicted octanol–water partition coefficient (Wildman–Crippen LogP) is 4.53. The highest BCUT2D eigenvalue weighted by Crippen LogP contribution is 2.53. The standard InChI is InChI=1S/C28H19F2N3O5S2/c29-15-3-7-17(8-4-15)31-20(34)13-38-19-11-1-14(2-12-19)21-22-24(39-25-23(21)40-28(37)32-25)27(36)33(26(22)35)18-9-5-16(30)6-10-18/h1-12,21-22,24H,13H2,(H,31,34)(H,32,37). The summed E-state index contributed by atoms with van der Waals surface area (Å²) >= 11 is 2.15. The number of thioether (sulfide) groups is 1. The first-order valence-corrected chi connectivity index (χ1v) is 13.8. The van der Waals surface area contributed by atoms with Crippen LogP contribution in [-0.4, -0.2) is 34.6 Å². The molecule has 1 fully saturated rings. The zero-order valence-corrected chi connectivity index (χ0v) is 22.1. The van der Waals surface area contributed by atoms with E-state index < -0.39 is 46.4 Å². The maximum absolute atomic E-state index is 13.7. The van der Waals surface area contributed by atoms with Gasteiger partial charge in [0.2, 0.25) is 11.8 Å². The highest BCUT2D eigenvalue weighted by Gasteiger charge is 2.56.